The monoisotopic (exact) mass is 284 g/mol. The summed E-state index contributed by atoms with van der Waals surface area (Å²) in [4.78, 5) is 11.7. The molecule has 0 aliphatic carbocycles. The van der Waals surface area contributed by atoms with Crippen molar-refractivity contribution >= 4 is 21.6 Å². The van der Waals surface area contributed by atoms with E-state index >= 15 is 0 Å². The van der Waals surface area contributed by atoms with Gasteiger partial charge in [-0.05, 0) is 19.1 Å². The molecule has 0 fully saturated rings. The minimum Gasteiger partial charge on any atom is -0.476 e. The predicted molar refractivity (Wildman–Crippen MR) is 71.7 cm³/mol. The smallest absolute Gasteiger partial charge is 0.262 e. The van der Waals surface area contributed by atoms with Crippen LogP contribution in [-0.2, 0) is 14.8 Å². The van der Waals surface area contributed by atoms with E-state index in [1.165, 1.54) is 11.4 Å². The summed E-state index contributed by atoms with van der Waals surface area (Å²) in [7, 11) is -1.95. The fraction of sp³-hybridized carbons (Fsp3) is 0.417. The minimum atomic E-state index is -3.44. The first-order valence-corrected chi connectivity index (χ1v) is 7.58. The van der Waals surface area contributed by atoms with Gasteiger partial charge in [0, 0.05) is 7.05 Å². The lowest BCUT2D eigenvalue weighted by molar-refractivity contribution is -0.127. The standard InChI is InChI=1S/C12H16N2O4S/c1-3-19(16,17)14-8-11(12(15)13-2)18-10-7-5-4-6-9(10)14/h4-7,11H,3,8H2,1-2H3,(H,13,15)/t11-/m0/s1. The van der Waals surface area contributed by atoms with E-state index in [4.69, 9.17) is 4.74 Å². The van der Waals surface area contributed by atoms with E-state index in [2.05, 4.69) is 5.32 Å². The Morgan fingerprint density at radius 3 is 2.79 bits per heavy atom. The number of ether oxygens (including phenoxy) is 1. The Kier molecular flexibility index (Phi) is 3.66. The second kappa shape index (κ2) is 5.08. The SMILES string of the molecule is CCS(=O)(=O)N1C[C@@H](C(=O)NC)Oc2ccccc21. The highest BCUT2D eigenvalue weighted by Gasteiger charge is 2.35. The molecule has 1 aromatic rings. The van der Waals surface area contributed by atoms with Gasteiger partial charge < -0.3 is 10.1 Å². The molecule has 1 aliphatic heterocycles. The molecule has 2 rings (SSSR count). The summed E-state index contributed by atoms with van der Waals surface area (Å²) in [5.41, 5.74) is 0.476. The number of rotatable bonds is 3. The topological polar surface area (TPSA) is 75.7 Å². The largest absolute Gasteiger partial charge is 0.476 e. The van der Waals surface area contributed by atoms with E-state index in [9.17, 15) is 13.2 Å². The average Bonchev–Trinajstić information content (AvgIpc) is 2.45. The molecule has 1 heterocycles. The molecule has 1 atom stereocenters. The van der Waals surface area contributed by atoms with E-state index in [0.29, 0.717) is 11.4 Å². The number of amides is 1. The number of nitrogens with zero attached hydrogens (tertiary/aromatic N) is 1. The predicted octanol–water partition coefficient (Wildman–Crippen LogP) is 0.350. The molecular formula is C12H16N2O4S. The van der Waals surface area contributed by atoms with E-state index in [0.717, 1.165) is 0 Å². The zero-order valence-corrected chi connectivity index (χ0v) is 11.6. The molecule has 7 heteroatoms. The van der Waals surface area contributed by atoms with Gasteiger partial charge in [0.1, 0.15) is 5.75 Å². The summed E-state index contributed by atoms with van der Waals surface area (Å²) in [6, 6.07) is 6.80. The number of carbonyl (C=O) groups is 1. The lowest BCUT2D eigenvalue weighted by Crippen LogP contribution is -2.50. The molecular weight excluding hydrogens is 268 g/mol. The molecule has 0 aromatic heterocycles. The quantitative estimate of drug-likeness (QED) is 0.869. The molecule has 0 radical (unpaired) electrons. The molecule has 0 spiro atoms. The highest BCUT2D eigenvalue weighted by molar-refractivity contribution is 7.92. The van der Waals surface area contributed by atoms with Crippen LogP contribution in [0.1, 0.15) is 6.92 Å². The summed E-state index contributed by atoms with van der Waals surface area (Å²) < 4.78 is 31.0. The van der Waals surface area contributed by atoms with Gasteiger partial charge in [-0.1, -0.05) is 12.1 Å². The molecule has 0 bridgehead atoms. The van der Waals surface area contributed by atoms with Crippen molar-refractivity contribution in [1.82, 2.24) is 5.32 Å². The van der Waals surface area contributed by atoms with E-state index in [-0.39, 0.29) is 18.2 Å². The molecule has 1 amide bonds. The van der Waals surface area contributed by atoms with E-state index in [1.54, 1.807) is 31.2 Å². The van der Waals surface area contributed by atoms with Crippen LogP contribution < -0.4 is 14.4 Å². The summed E-state index contributed by atoms with van der Waals surface area (Å²) in [6.45, 7) is 1.56. The van der Waals surface area contributed by atoms with Gasteiger partial charge in [-0.3, -0.25) is 9.10 Å². The van der Waals surface area contributed by atoms with Gasteiger partial charge in [0.05, 0.1) is 18.0 Å². The third kappa shape index (κ3) is 2.51. The van der Waals surface area contributed by atoms with Crippen LogP contribution in [0.2, 0.25) is 0 Å². The summed E-state index contributed by atoms with van der Waals surface area (Å²) in [5, 5.41) is 2.47. The Bertz CT molecular complexity index is 585. The third-order valence-corrected chi connectivity index (χ3v) is 4.72. The lowest BCUT2D eigenvalue weighted by Gasteiger charge is -2.34. The number of hydrogen-bond acceptors (Lipinski definition) is 4. The van der Waals surface area contributed by atoms with Gasteiger partial charge in [0.25, 0.3) is 5.91 Å². The fourth-order valence-corrected chi connectivity index (χ4v) is 3.04. The number of nitrogens with one attached hydrogen (secondary N) is 1. The Hall–Kier alpha value is -1.76. The zero-order valence-electron chi connectivity index (χ0n) is 10.8. The molecule has 0 unspecified atom stereocenters. The van der Waals surface area contributed by atoms with Crippen molar-refractivity contribution in [2.24, 2.45) is 0 Å². The van der Waals surface area contributed by atoms with Crippen LogP contribution in [0, 0.1) is 0 Å². The van der Waals surface area contributed by atoms with Crippen molar-refractivity contribution < 1.29 is 17.9 Å². The van der Waals surface area contributed by atoms with Gasteiger partial charge in [0.2, 0.25) is 10.0 Å². The Balaban J connectivity index is 2.45. The van der Waals surface area contributed by atoms with Crippen molar-refractivity contribution in [3.05, 3.63) is 24.3 Å². The second-order valence-corrected chi connectivity index (χ2v) is 6.30. The van der Waals surface area contributed by atoms with Gasteiger partial charge in [-0.15, -0.1) is 0 Å². The van der Waals surface area contributed by atoms with Crippen molar-refractivity contribution in [3.8, 4) is 5.75 Å². The zero-order chi connectivity index (χ0) is 14.0. The van der Waals surface area contributed by atoms with Crippen molar-refractivity contribution in [1.29, 1.82) is 0 Å². The lowest BCUT2D eigenvalue weighted by atomic mass is 10.2. The van der Waals surface area contributed by atoms with E-state index < -0.39 is 16.1 Å². The number of carbonyl (C=O) groups excluding carboxylic acids is 1. The maximum absolute atomic E-state index is 12.1. The first-order valence-electron chi connectivity index (χ1n) is 5.97. The van der Waals surface area contributed by atoms with Crippen LogP contribution in [-0.4, -0.2) is 39.8 Å². The molecule has 104 valence electrons. The highest BCUT2D eigenvalue weighted by atomic mass is 32.2. The van der Waals surface area contributed by atoms with Crippen molar-refractivity contribution in [2.75, 3.05) is 23.7 Å². The van der Waals surface area contributed by atoms with Crippen LogP contribution in [0.15, 0.2) is 24.3 Å². The molecule has 1 aliphatic rings. The number of fused-ring (bicyclic) bond motifs is 1. The molecule has 6 nitrogen and oxygen atoms in total. The number of para-hydroxylation sites is 2. The molecule has 19 heavy (non-hydrogen) atoms. The summed E-state index contributed by atoms with van der Waals surface area (Å²) >= 11 is 0. The van der Waals surface area contributed by atoms with Crippen LogP contribution in [0.3, 0.4) is 0 Å². The number of benzene rings is 1. The number of likely N-dealkylation sites (N-methyl/N-ethyl adjacent to an activating group) is 1. The van der Waals surface area contributed by atoms with Crippen LogP contribution in [0.5, 0.6) is 5.75 Å². The second-order valence-electron chi connectivity index (χ2n) is 4.12. The summed E-state index contributed by atoms with van der Waals surface area (Å²) in [6.07, 6.45) is -0.832. The van der Waals surface area contributed by atoms with Gasteiger partial charge in [-0.25, -0.2) is 8.42 Å². The molecule has 0 saturated carbocycles. The summed E-state index contributed by atoms with van der Waals surface area (Å²) in [5.74, 6) is 0.0344. The molecule has 1 N–H and O–H groups in total. The number of hydrogen-bond donors (Lipinski definition) is 1. The first-order chi connectivity index (χ1) is 8.99. The Labute approximate surface area is 112 Å². The minimum absolute atomic E-state index is 0.00708. The average molecular weight is 284 g/mol. The third-order valence-electron chi connectivity index (χ3n) is 2.97. The maximum atomic E-state index is 12.1. The highest BCUT2D eigenvalue weighted by Crippen LogP contribution is 2.34. The first kappa shape index (κ1) is 13.7. The van der Waals surface area contributed by atoms with Crippen LogP contribution in [0.25, 0.3) is 0 Å². The normalized spacial score (nSPS) is 18.4. The number of anilines is 1. The molecule has 1 aromatic carbocycles. The Morgan fingerprint density at radius 2 is 2.16 bits per heavy atom. The van der Waals surface area contributed by atoms with Gasteiger partial charge in [-0.2, -0.15) is 0 Å². The van der Waals surface area contributed by atoms with Crippen molar-refractivity contribution in [2.45, 2.75) is 13.0 Å². The van der Waals surface area contributed by atoms with Crippen LogP contribution in [0.4, 0.5) is 5.69 Å². The van der Waals surface area contributed by atoms with Crippen molar-refractivity contribution in [3.63, 3.8) is 0 Å². The van der Waals surface area contributed by atoms with E-state index in [1.807, 2.05) is 0 Å². The number of sulfonamides is 1. The van der Waals surface area contributed by atoms with Gasteiger partial charge >= 0.3 is 0 Å². The van der Waals surface area contributed by atoms with Gasteiger partial charge in [0.15, 0.2) is 6.10 Å². The molecule has 0 saturated heterocycles. The maximum Gasteiger partial charge on any atom is 0.262 e. The Morgan fingerprint density at radius 1 is 1.47 bits per heavy atom. The van der Waals surface area contributed by atoms with Crippen LogP contribution >= 0.6 is 0 Å². The fourth-order valence-electron chi connectivity index (χ4n) is 1.92.